The molecule has 5 nitrogen and oxygen atoms in total. The molecule has 0 radical (unpaired) electrons. The van der Waals surface area contributed by atoms with Gasteiger partial charge in [0.15, 0.2) is 5.82 Å². The van der Waals surface area contributed by atoms with Crippen molar-refractivity contribution < 1.29 is 9.53 Å². The van der Waals surface area contributed by atoms with Gasteiger partial charge in [0.05, 0.1) is 7.11 Å². The van der Waals surface area contributed by atoms with Crippen LogP contribution in [0.15, 0.2) is 0 Å². The number of anilines is 2. The summed E-state index contributed by atoms with van der Waals surface area (Å²) in [4.78, 5) is 11.5. The number of carbonyl (C=O) groups excluding carboxylic acids is 1. The van der Waals surface area contributed by atoms with E-state index < -0.39 is 5.97 Å². The zero-order chi connectivity index (χ0) is 11.5. The lowest BCUT2D eigenvalue weighted by molar-refractivity contribution is 0.0603. The largest absolute Gasteiger partial charge is 0.465 e. The van der Waals surface area contributed by atoms with Crippen LogP contribution >= 0.6 is 23.3 Å². The van der Waals surface area contributed by atoms with Gasteiger partial charge < -0.3 is 15.8 Å². The minimum Gasteiger partial charge on any atom is -0.465 e. The molecule has 1 aliphatic heterocycles. The summed E-state index contributed by atoms with van der Waals surface area (Å²) in [5, 5.41) is 4.02. The van der Waals surface area contributed by atoms with Crippen LogP contribution in [-0.4, -0.2) is 35.0 Å². The molecule has 1 fully saturated rings. The van der Waals surface area contributed by atoms with Crippen molar-refractivity contribution in [3.05, 3.63) is 5.56 Å². The van der Waals surface area contributed by atoms with Crippen LogP contribution in [0, 0.1) is 0 Å². The Bertz CT molecular complexity index is 388. The van der Waals surface area contributed by atoms with Crippen LogP contribution in [0.2, 0.25) is 0 Å². The van der Waals surface area contributed by atoms with Crippen LogP contribution in [0.5, 0.6) is 0 Å². The van der Waals surface area contributed by atoms with Gasteiger partial charge in [-0.15, -0.1) is 0 Å². The molecule has 1 saturated heterocycles. The van der Waals surface area contributed by atoms with Gasteiger partial charge in [0.1, 0.15) is 10.6 Å². The number of aromatic nitrogens is 1. The zero-order valence-electron chi connectivity index (χ0n) is 8.86. The summed E-state index contributed by atoms with van der Waals surface area (Å²) in [6, 6.07) is 0.397. The maximum atomic E-state index is 11.5. The van der Waals surface area contributed by atoms with Crippen LogP contribution in [0.3, 0.4) is 0 Å². The number of nitrogen functional groups attached to an aromatic ring is 1. The summed E-state index contributed by atoms with van der Waals surface area (Å²) >= 11 is 3.11. The summed E-state index contributed by atoms with van der Waals surface area (Å²) in [7, 11) is 1.34. The first-order valence-electron chi connectivity index (χ1n) is 4.90. The third kappa shape index (κ3) is 2.25. The van der Waals surface area contributed by atoms with Crippen molar-refractivity contribution in [2.75, 3.05) is 29.7 Å². The zero-order valence-corrected chi connectivity index (χ0v) is 10.5. The Morgan fingerprint density at radius 3 is 3.12 bits per heavy atom. The maximum Gasteiger partial charge on any atom is 0.344 e. The molecule has 0 saturated carbocycles. The van der Waals surface area contributed by atoms with Gasteiger partial charge in [0, 0.05) is 11.8 Å². The minimum absolute atomic E-state index is 0.241. The Kier molecular flexibility index (Phi) is 3.55. The van der Waals surface area contributed by atoms with Crippen molar-refractivity contribution in [1.29, 1.82) is 0 Å². The van der Waals surface area contributed by atoms with E-state index in [-0.39, 0.29) is 5.82 Å². The van der Waals surface area contributed by atoms with E-state index in [1.54, 1.807) is 0 Å². The molecular formula is C9H13N3O2S2. The Balaban J connectivity index is 2.16. The molecule has 1 aromatic heterocycles. The van der Waals surface area contributed by atoms with Crippen molar-refractivity contribution in [2.45, 2.75) is 12.5 Å². The SMILES string of the molecule is COC(=O)c1c(N)nsc1NC1CCSC1. The summed E-state index contributed by atoms with van der Waals surface area (Å²) in [5.74, 6) is 2.02. The van der Waals surface area contributed by atoms with Crippen LogP contribution in [0.25, 0.3) is 0 Å². The standard InChI is InChI=1S/C9H13N3O2S2/c1-14-9(13)6-7(10)12-16-8(6)11-5-2-3-15-4-5/h5,11H,2-4H2,1H3,(H2,10,12). The van der Waals surface area contributed by atoms with E-state index >= 15 is 0 Å². The van der Waals surface area contributed by atoms with Crippen molar-refractivity contribution in [1.82, 2.24) is 4.37 Å². The first kappa shape index (κ1) is 11.5. The van der Waals surface area contributed by atoms with Gasteiger partial charge in [-0.05, 0) is 23.7 Å². The molecular weight excluding hydrogens is 246 g/mol. The first-order chi connectivity index (χ1) is 7.72. The van der Waals surface area contributed by atoms with Gasteiger partial charge in [0.25, 0.3) is 0 Å². The van der Waals surface area contributed by atoms with E-state index in [0.29, 0.717) is 11.6 Å². The number of carbonyl (C=O) groups is 1. The molecule has 16 heavy (non-hydrogen) atoms. The van der Waals surface area contributed by atoms with Crippen molar-refractivity contribution in [3.8, 4) is 0 Å². The third-order valence-electron chi connectivity index (χ3n) is 2.37. The van der Waals surface area contributed by atoms with E-state index in [1.165, 1.54) is 18.6 Å². The van der Waals surface area contributed by atoms with Gasteiger partial charge in [-0.1, -0.05) is 0 Å². The van der Waals surface area contributed by atoms with Crippen LogP contribution < -0.4 is 11.1 Å². The number of nitrogens with zero attached hydrogens (tertiary/aromatic N) is 1. The Labute approximate surface area is 102 Å². The fourth-order valence-corrected chi connectivity index (χ4v) is 3.47. The highest BCUT2D eigenvalue weighted by Crippen LogP contribution is 2.30. The molecule has 7 heteroatoms. The minimum atomic E-state index is -0.431. The molecule has 0 bridgehead atoms. The molecule has 1 unspecified atom stereocenters. The first-order valence-corrected chi connectivity index (χ1v) is 6.83. The van der Waals surface area contributed by atoms with Crippen LogP contribution in [0.1, 0.15) is 16.8 Å². The summed E-state index contributed by atoms with van der Waals surface area (Å²) in [6.45, 7) is 0. The molecule has 3 N–H and O–H groups in total. The lowest BCUT2D eigenvalue weighted by Crippen LogP contribution is -2.19. The molecule has 0 spiro atoms. The number of esters is 1. The smallest absolute Gasteiger partial charge is 0.344 e. The van der Waals surface area contributed by atoms with E-state index in [4.69, 9.17) is 5.73 Å². The topological polar surface area (TPSA) is 77.2 Å². The average molecular weight is 259 g/mol. The monoisotopic (exact) mass is 259 g/mol. The number of nitrogens with two attached hydrogens (primary N) is 1. The van der Waals surface area contributed by atoms with Crippen molar-refractivity contribution in [3.63, 3.8) is 0 Å². The number of rotatable bonds is 3. The number of hydrogen-bond acceptors (Lipinski definition) is 7. The second-order valence-electron chi connectivity index (χ2n) is 3.47. The van der Waals surface area contributed by atoms with Crippen molar-refractivity contribution >= 4 is 40.1 Å². The van der Waals surface area contributed by atoms with Gasteiger partial charge in [0.2, 0.25) is 0 Å². The number of nitrogens with one attached hydrogen (secondary N) is 1. The highest BCUT2D eigenvalue weighted by atomic mass is 32.2. The quantitative estimate of drug-likeness (QED) is 0.800. The number of hydrogen-bond donors (Lipinski definition) is 2. The van der Waals surface area contributed by atoms with Crippen molar-refractivity contribution in [2.24, 2.45) is 0 Å². The fourth-order valence-electron chi connectivity index (χ4n) is 1.53. The summed E-state index contributed by atoms with van der Waals surface area (Å²) in [6.07, 6.45) is 1.10. The molecule has 1 aliphatic rings. The Morgan fingerprint density at radius 2 is 2.50 bits per heavy atom. The lowest BCUT2D eigenvalue weighted by atomic mass is 10.2. The second kappa shape index (κ2) is 4.92. The van der Waals surface area contributed by atoms with Crippen LogP contribution in [0.4, 0.5) is 10.8 Å². The van der Waals surface area contributed by atoms with E-state index in [2.05, 4.69) is 14.4 Å². The number of methoxy groups -OCH3 is 1. The Hall–Kier alpha value is -0.950. The average Bonchev–Trinajstić information content (AvgIpc) is 2.89. The molecule has 1 atom stereocenters. The van der Waals surface area contributed by atoms with Crippen LogP contribution in [-0.2, 0) is 4.74 Å². The second-order valence-corrected chi connectivity index (χ2v) is 5.39. The van der Waals surface area contributed by atoms with Gasteiger partial charge in [-0.2, -0.15) is 16.1 Å². The predicted molar refractivity (Wildman–Crippen MR) is 67.2 cm³/mol. The molecule has 0 aromatic carbocycles. The number of ether oxygens (including phenoxy) is 1. The highest BCUT2D eigenvalue weighted by Gasteiger charge is 2.23. The third-order valence-corrected chi connectivity index (χ3v) is 4.33. The molecule has 88 valence electrons. The van der Waals surface area contributed by atoms with E-state index in [1.807, 2.05) is 11.8 Å². The molecule has 2 rings (SSSR count). The Morgan fingerprint density at radius 1 is 1.69 bits per heavy atom. The molecule has 0 amide bonds. The predicted octanol–water partition coefficient (Wildman–Crippen LogP) is 1.43. The van der Waals surface area contributed by atoms with Gasteiger partial charge in [-0.25, -0.2) is 4.79 Å². The normalized spacial score (nSPS) is 19.7. The van der Waals surface area contributed by atoms with E-state index in [9.17, 15) is 4.79 Å². The molecule has 0 aliphatic carbocycles. The summed E-state index contributed by atoms with van der Waals surface area (Å²) < 4.78 is 8.66. The molecule has 1 aromatic rings. The fraction of sp³-hybridized carbons (Fsp3) is 0.556. The lowest BCUT2D eigenvalue weighted by Gasteiger charge is -2.11. The van der Waals surface area contributed by atoms with E-state index in [0.717, 1.165) is 22.9 Å². The number of thioether (sulfide) groups is 1. The highest BCUT2D eigenvalue weighted by molar-refractivity contribution is 7.99. The van der Waals surface area contributed by atoms with Gasteiger partial charge >= 0.3 is 5.97 Å². The summed E-state index contributed by atoms with van der Waals surface area (Å²) in [5.41, 5.74) is 6.01. The van der Waals surface area contributed by atoms with Gasteiger partial charge in [-0.3, -0.25) is 0 Å². The molecule has 2 heterocycles. The maximum absolute atomic E-state index is 11.5.